The second kappa shape index (κ2) is 7.33. The van der Waals surface area contributed by atoms with Crippen molar-refractivity contribution < 1.29 is 9.53 Å². The van der Waals surface area contributed by atoms with Crippen molar-refractivity contribution >= 4 is 5.91 Å². The number of piperidine rings is 1. The van der Waals surface area contributed by atoms with Crippen molar-refractivity contribution in [3.63, 3.8) is 0 Å². The highest BCUT2D eigenvalue weighted by Crippen LogP contribution is 2.51. The number of amides is 1. The summed E-state index contributed by atoms with van der Waals surface area (Å²) in [5.41, 5.74) is 0.513. The number of rotatable bonds is 4. The van der Waals surface area contributed by atoms with E-state index in [-0.39, 0.29) is 0 Å². The van der Waals surface area contributed by atoms with Crippen LogP contribution in [-0.4, -0.2) is 61.1 Å². The first kappa shape index (κ1) is 16.8. The van der Waals surface area contributed by atoms with Gasteiger partial charge in [0.2, 0.25) is 5.91 Å². The van der Waals surface area contributed by atoms with Crippen molar-refractivity contribution in [1.29, 1.82) is 0 Å². The van der Waals surface area contributed by atoms with Gasteiger partial charge in [0.25, 0.3) is 0 Å². The van der Waals surface area contributed by atoms with Crippen LogP contribution in [0.5, 0.6) is 0 Å². The van der Waals surface area contributed by atoms with Crippen LogP contribution in [0.4, 0.5) is 0 Å². The van der Waals surface area contributed by atoms with Crippen LogP contribution in [0.2, 0.25) is 0 Å². The van der Waals surface area contributed by atoms with Crippen molar-refractivity contribution in [2.45, 2.75) is 70.3 Å². The fourth-order valence-electron chi connectivity index (χ4n) is 5.71. The summed E-state index contributed by atoms with van der Waals surface area (Å²) in [6.07, 6.45) is 12.6. The van der Waals surface area contributed by atoms with E-state index >= 15 is 0 Å². The summed E-state index contributed by atoms with van der Waals surface area (Å²) in [6.45, 7) is 6.03. The Bertz CT molecular complexity index is 433. The monoisotopic (exact) mass is 334 g/mol. The SMILES string of the molecule is O=C(CCC1CCCC1)N1CCC2(CCC2N2CCOCC2)CC1. The molecule has 136 valence electrons. The van der Waals surface area contributed by atoms with E-state index in [0.29, 0.717) is 11.3 Å². The van der Waals surface area contributed by atoms with Crippen LogP contribution in [0.1, 0.15) is 64.2 Å². The summed E-state index contributed by atoms with van der Waals surface area (Å²) in [6, 6.07) is 0.761. The highest BCUT2D eigenvalue weighted by Gasteiger charge is 2.50. The van der Waals surface area contributed by atoms with Gasteiger partial charge in [0.1, 0.15) is 0 Å². The number of morpholine rings is 1. The average molecular weight is 335 g/mol. The fourth-order valence-corrected chi connectivity index (χ4v) is 5.71. The Morgan fingerprint density at radius 2 is 1.67 bits per heavy atom. The molecular formula is C20H34N2O2. The van der Waals surface area contributed by atoms with Crippen molar-refractivity contribution in [2.24, 2.45) is 11.3 Å². The van der Waals surface area contributed by atoms with Crippen LogP contribution in [0.25, 0.3) is 0 Å². The lowest BCUT2D eigenvalue weighted by Gasteiger charge is -2.58. The molecule has 1 spiro atoms. The molecule has 2 saturated carbocycles. The molecule has 0 radical (unpaired) electrons. The number of ether oxygens (including phenoxy) is 1. The molecule has 0 aromatic carbocycles. The van der Waals surface area contributed by atoms with Crippen LogP contribution in [0, 0.1) is 11.3 Å². The van der Waals surface area contributed by atoms with Crippen molar-refractivity contribution in [2.75, 3.05) is 39.4 Å². The van der Waals surface area contributed by atoms with E-state index in [9.17, 15) is 4.79 Å². The molecule has 0 N–H and O–H groups in total. The molecule has 4 fully saturated rings. The molecule has 2 aliphatic carbocycles. The van der Waals surface area contributed by atoms with Crippen molar-refractivity contribution in [3.05, 3.63) is 0 Å². The normalized spacial score (nSPS) is 31.3. The summed E-state index contributed by atoms with van der Waals surface area (Å²) < 4.78 is 5.52. The Morgan fingerprint density at radius 3 is 2.29 bits per heavy atom. The van der Waals surface area contributed by atoms with Gasteiger partial charge in [0.15, 0.2) is 0 Å². The third-order valence-corrected chi connectivity index (χ3v) is 7.46. The largest absolute Gasteiger partial charge is 0.379 e. The maximum Gasteiger partial charge on any atom is 0.222 e. The van der Waals surface area contributed by atoms with Crippen LogP contribution >= 0.6 is 0 Å². The minimum atomic E-state index is 0.430. The lowest BCUT2D eigenvalue weighted by Crippen LogP contribution is -2.61. The fraction of sp³-hybridized carbons (Fsp3) is 0.950. The van der Waals surface area contributed by atoms with Gasteiger partial charge in [-0.2, -0.15) is 0 Å². The van der Waals surface area contributed by atoms with Gasteiger partial charge in [-0.3, -0.25) is 9.69 Å². The Balaban J connectivity index is 1.24. The number of hydrogen-bond acceptors (Lipinski definition) is 3. The highest BCUT2D eigenvalue weighted by atomic mass is 16.5. The Labute approximate surface area is 146 Å². The highest BCUT2D eigenvalue weighted by molar-refractivity contribution is 5.76. The first-order valence-corrected chi connectivity index (χ1v) is 10.4. The molecule has 0 bridgehead atoms. The topological polar surface area (TPSA) is 32.8 Å². The molecule has 1 atom stereocenters. The Morgan fingerprint density at radius 1 is 0.958 bits per heavy atom. The first-order chi connectivity index (χ1) is 11.8. The Hall–Kier alpha value is -0.610. The number of likely N-dealkylation sites (tertiary alicyclic amines) is 1. The molecule has 0 aromatic heterocycles. The molecule has 4 rings (SSSR count). The van der Waals surface area contributed by atoms with Crippen LogP contribution < -0.4 is 0 Å². The van der Waals surface area contributed by atoms with Gasteiger partial charge in [-0.25, -0.2) is 0 Å². The molecule has 4 heteroatoms. The zero-order chi connectivity index (χ0) is 16.4. The van der Waals surface area contributed by atoms with E-state index in [0.717, 1.165) is 64.2 Å². The molecule has 2 saturated heterocycles. The lowest BCUT2D eigenvalue weighted by atomic mass is 9.58. The molecule has 4 nitrogen and oxygen atoms in total. The zero-order valence-corrected chi connectivity index (χ0v) is 15.2. The van der Waals surface area contributed by atoms with E-state index in [4.69, 9.17) is 4.74 Å². The van der Waals surface area contributed by atoms with Crippen molar-refractivity contribution in [1.82, 2.24) is 9.80 Å². The van der Waals surface area contributed by atoms with Gasteiger partial charge in [-0.15, -0.1) is 0 Å². The second-order valence-corrected chi connectivity index (χ2v) is 8.64. The third-order valence-electron chi connectivity index (χ3n) is 7.46. The van der Waals surface area contributed by atoms with Gasteiger partial charge >= 0.3 is 0 Å². The number of carbonyl (C=O) groups excluding carboxylic acids is 1. The van der Waals surface area contributed by atoms with Gasteiger partial charge in [-0.05, 0) is 43.4 Å². The lowest BCUT2D eigenvalue weighted by molar-refractivity contribution is -0.139. The summed E-state index contributed by atoms with van der Waals surface area (Å²) in [5, 5.41) is 0. The number of hydrogen-bond donors (Lipinski definition) is 0. The predicted molar refractivity (Wildman–Crippen MR) is 94.9 cm³/mol. The quantitative estimate of drug-likeness (QED) is 0.792. The summed E-state index contributed by atoms with van der Waals surface area (Å²) in [5.74, 6) is 1.27. The van der Waals surface area contributed by atoms with E-state index in [1.165, 1.54) is 51.4 Å². The summed E-state index contributed by atoms with van der Waals surface area (Å²) in [7, 11) is 0. The van der Waals surface area contributed by atoms with Gasteiger partial charge < -0.3 is 9.64 Å². The molecule has 0 aromatic rings. The smallest absolute Gasteiger partial charge is 0.222 e. The van der Waals surface area contributed by atoms with Crippen LogP contribution in [-0.2, 0) is 9.53 Å². The first-order valence-electron chi connectivity index (χ1n) is 10.4. The molecule has 1 amide bonds. The second-order valence-electron chi connectivity index (χ2n) is 8.64. The minimum absolute atomic E-state index is 0.430. The predicted octanol–water partition coefficient (Wildman–Crippen LogP) is 3.06. The molecule has 2 aliphatic heterocycles. The van der Waals surface area contributed by atoms with E-state index < -0.39 is 0 Å². The Kier molecular flexibility index (Phi) is 5.14. The molecule has 1 unspecified atom stereocenters. The summed E-state index contributed by atoms with van der Waals surface area (Å²) >= 11 is 0. The molecular weight excluding hydrogens is 300 g/mol. The maximum atomic E-state index is 12.6. The van der Waals surface area contributed by atoms with Crippen LogP contribution in [0.3, 0.4) is 0 Å². The van der Waals surface area contributed by atoms with Gasteiger partial charge in [0, 0.05) is 38.6 Å². The molecule has 4 aliphatic rings. The zero-order valence-electron chi connectivity index (χ0n) is 15.2. The third kappa shape index (κ3) is 3.37. The van der Waals surface area contributed by atoms with Crippen LogP contribution in [0.15, 0.2) is 0 Å². The summed E-state index contributed by atoms with van der Waals surface area (Å²) in [4.78, 5) is 17.4. The molecule has 24 heavy (non-hydrogen) atoms. The van der Waals surface area contributed by atoms with E-state index in [2.05, 4.69) is 9.80 Å². The van der Waals surface area contributed by atoms with Crippen molar-refractivity contribution in [3.8, 4) is 0 Å². The van der Waals surface area contributed by atoms with Gasteiger partial charge in [-0.1, -0.05) is 25.7 Å². The standard InChI is InChI=1S/C20H34N2O2/c23-19(6-5-17-3-1-2-4-17)22-11-9-20(10-12-22)8-7-18(20)21-13-15-24-16-14-21/h17-18H,1-16H2. The number of carbonyl (C=O) groups is 1. The maximum absolute atomic E-state index is 12.6. The minimum Gasteiger partial charge on any atom is -0.379 e. The van der Waals surface area contributed by atoms with Gasteiger partial charge in [0.05, 0.1) is 13.2 Å². The number of nitrogens with zero attached hydrogens (tertiary/aromatic N) is 2. The van der Waals surface area contributed by atoms with E-state index in [1.54, 1.807) is 0 Å². The molecule has 2 heterocycles. The van der Waals surface area contributed by atoms with E-state index in [1.807, 2.05) is 0 Å². The average Bonchev–Trinajstić information content (AvgIpc) is 3.13.